The van der Waals surface area contributed by atoms with Gasteiger partial charge in [-0.05, 0) is 44.9 Å². The summed E-state index contributed by atoms with van der Waals surface area (Å²) in [7, 11) is 0. The van der Waals surface area contributed by atoms with Crippen molar-refractivity contribution in [3.63, 3.8) is 0 Å². The van der Waals surface area contributed by atoms with Crippen molar-refractivity contribution in [3.05, 3.63) is 34.3 Å². The second-order valence-electron chi connectivity index (χ2n) is 5.50. The number of carbonyl (C=O) groups is 2. The van der Waals surface area contributed by atoms with Gasteiger partial charge in [0.1, 0.15) is 6.10 Å². The summed E-state index contributed by atoms with van der Waals surface area (Å²) in [6.07, 6.45) is 0.263. The van der Waals surface area contributed by atoms with Crippen LogP contribution in [-0.4, -0.2) is 18.5 Å². The lowest BCUT2D eigenvalue weighted by atomic mass is 9.91. The molecule has 0 spiro atoms. The molecule has 0 heterocycles. The standard InChI is InChI=1S/C16H21BrO4/c1-5-16(3,4)15(19)20-10-14(18)21-11(2)12-6-8-13(17)9-7-12/h6-9,11H,5,10H2,1-4H3. The van der Waals surface area contributed by atoms with E-state index in [0.29, 0.717) is 6.42 Å². The van der Waals surface area contributed by atoms with Gasteiger partial charge in [-0.1, -0.05) is 35.0 Å². The van der Waals surface area contributed by atoms with Crippen molar-refractivity contribution in [3.8, 4) is 0 Å². The Morgan fingerprint density at radius 2 is 1.81 bits per heavy atom. The second-order valence-corrected chi connectivity index (χ2v) is 6.41. The van der Waals surface area contributed by atoms with Gasteiger partial charge in [0.15, 0.2) is 6.61 Å². The van der Waals surface area contributed by atoms with Gasteiger partial charge in [0.05, 0.1) is 5.41 Å². The number of hydrogen-bond acceptors (Lipinski definition) is 4. The zero-order valence-corrected chi connectivity index (χ0v) is 14.4. The highest BCUT2D eigenvalue weighted by Gasteiger charge is 2.28. The molecular formula is C16H21BrO4. The summed E-state index contributed by atoms with van der Waals surface area (Å²) in [5, 5.41) is 0. The predicted octanol–water partition coefficient (Wildman–Crippen LogP) is 4.03. The van der Waals surface area contributed by atoms with Crippen molar-refractivity contribution in [2.75, 3.05) is 6.61 Å². The Bertz CT molecular complexity index is 494. The largest absolute Gasteiger partial charge is 0.455 e. The number of esters is 2. The maximum Gasteiger partial charge on any atom is 0.344 e. The monoisotopic (exact) mass is 356 g/mol. The molecule has 0 aliphatic heterocycles. The molecule has 0 amide bonds. The molecule has 0 saturated carbocycles. The average Bonchev–Trinajstić information content (AvgIpc) is 2.45. The van der Waals surface area contributed by atoms with Gasteiger partial charge >= 0.3 is 11.9 Å². The van der Waals surface area contributed by atoms with E-state index in [1.807, 2.05) is 31.2 Å². The van der Waals surface area contributed by atoms with E-state index in [4.69, 9.17) is 9.47 Å². The van der Waals surface area contributed by atoms with E-state index in [0.717, 1.165) is 10.0 Å². The van der Waals surface area contributed by atoms with Gasteiger partial charge in [-0.3, -0.25) is 4.79 Å². The summed E-state index contributed by atoms with van der Waals surface area (Å²) in [4.78, 5) is 23.5. The third-order valence-corrected chi connectivity index (χ3v) is 3.93. The zero-order chi connectivity index (χ0) is 16.0. The van der Waals surface area contributed by atoms with Crippen LogP contribution in [0.1, 0.15) is 45.8 Å². The van der Waals surface area contributed by atoms with Crippen LogP contribution in [0.2, 0.25) is 0 Å². The maximum atomic E-state index is 11.8. The molecule has 0 N–H and O–H groups in total. The molecule has 1 rings (SSSR count). The first kappa shape index (κ1) is 17.7. The number of halogens is 1. The van der Waals surface area contributed by atoms with E-state index in [-0.39, 0.29) is 12.7 Å². The number of hydrogen-bond donors (Lipinski definition) is 0. The molecule has 4 nitrogen and oxygen atoms in total. The summed E-state index contributed by atoms with van der Waals surface area (Å²) in [6.45, 7) is 6.88. The molecule has 0 aromatic heterocycles. The van der Waals surface area contributed by atoms with E-state index in [1.165, 1.54) is 0 Å². The van der Waals surface area contributed by atoms with Crippen LogP contribution >= 0.6 is 15.9 Å². The van der Waals surface area contributed by atoms with E-state index in [9.17, 15) is 9.59 Å². The molecule has 1 aromatic carbocycles. The lowest BCUT2D eigenvalue weighted by Crippen LogP contribution is -2.28. The predicted molar refractivity (Wildman–Crippen MR) is 83.7 cm³/mol. The fourth-order valence-corrected chi connectivity index (χ4v) is 1.76. The number of ether oxygens (including phenoxy) is 2. The van der Waals surface area contributed by atoms with Crippen LogP contribution in [0, 0.1) is 5.41 Å². The Balaban J connectivity index is 2.47. The van der Waals surface area contributed by atoms with E-state index < -0.39 is 17.4 Å². The van der Waals surface area contributed by atoms with Crippen LogP contribution < -0.4 is 0 Å². The van der Waals surface area contributed by atoms with Gasteiger partial charge in [-0.2, -0.15) is 0 Å². The SMILES string of the molecule is CCC(C)(C)C(=O)OCC(=O)OC(C)c1ccc(Br)cc1. The van der Waals surface area contributed by atoms with Crippen molar-refractivity contribution in [1.82, 2.24) is 0 Å². The van der Waals surface area contributed by atoms with E-state index >= 15 is 0 Å². The molecule has 0 aliphatic rings. The third kappa shape index (κ3) is 5.50. The van der Waals surface area contributed by atoms with E-state index in [1.54, 1.807) is 20.8 Å². The maximum absolute atomic E-state index is 11.8. The Labute approximate surface area is 133 Å². The van der Waals surface area contributed by atoms with Crippen molar-refractivity contribution >= 4 is 27.9 Å². The molecule has 1 atom stereocenters. The summed E-state index contributed by atoms with van der Waals surface area (Å²) < 4.78 is 11.2. The highest BCUT2D eigenvalue weighted by atomic mass is 79.9. The van der Waals surface area contributed by atoms with Crippen molar-refractivity contribution < 1.29 is 19.1 Å². The van der Waals surface area contributed by atoms with Crippen molar-refractivity contribution in [1.29, 1.82) is 0 Å². The van der Waals surface area contributed by atoms with Crippen LogP contribution in [0.4, 0.5) is 0 Å². The van der Waals surface area contributed by atoms with Gasteiger partial charge < -0.3 is 9.47 Å². The second kappa shape index (κ2) is 7.59. The molecule has 0 saturated heterocycles. The van der Waals surface area contributed by atoms with Crippen LogP contribution in [0.5, 0.6) is 0 Å². The molecule has 0 radical (unpaired) electrons. The lowest BCUT2D eigenvalue weighted by molar-refractivity contribution is -0.167. The Hall–Kier alpha value is -1.36. The fraction of sp³-hybridized carbons (Fsp3) is 0.500. The molecule has 0 bridgehead atoms. The topological polar surface area (TPSA) is 52.6 Å². The molecule has 0 fully saturated rings. The average molecular weight is 357 g/mol. The van der Waals surface area contributed by atoms with Gasteiger partial charge in [0, 0.05) is 4.47 Å². The van der Waals surface area contributed by atoms with Crippen molar-refractivity contribution in [2.45, 2.75) is 40.2 Å². The number of rotatable bonds is 6. The minimum Gasteiger partial charge on any atom is -0.455 e. The lowest BCUT2D eigenvalue weighted by Gasteiger charge is -2.20. The first-order chi connectivity index (χ1) is 9.76. The quantitative estimate of drug-likeness (QED) is 0.722. The molecule has 1 unspecified atom stereocenters. The van der Waals surface area contributed by atoms with Crippen molar-refractivity contribution in [2.24, 2.45) is 5.41 Å². The zero-order valence-electron chi connectivity index (χ0n) is 12.8. The first-order valence-electron chi connectivity index (χ1n) is 6.88. The minimum absolute atomic E-state index is 0.358. The minimum atomic E-state index is -0.586. The fourth-order valence-electron chi connectivity index (χ4n) is 1.50. The molecule has 1 aromatic rings. The number of carbonyl (C=O) groups excluding carboxylic acids is 2. The van der Waals surface area contributed by atoms with Crippen LogP contribution in [-0.2, 0) is 19.1 Å². The highest BCUT2D eigenvalue weighted by Crippen LogP contribution is 2.22. The Kier molecular flexibility index (Phi) is 6.40. The normalized spacial score (nSPS) is 12.6. The summed E-state index contributed by atoms with van der Waals surface area (Å²) in [5.41, 5.74) is 0.296. The Morgan fingerprint density at radius 3 is 2.33 bits per heavy atom. The van der Waals surface area contributed by atoms with Gasteiger partial charge in [-0.15, -0.1) is 0 Å². The highest BCUT2D eigenvalue weighted by molar-refractivity contribution is 9.10. The molecular weight excluding hydrogens is 336 g/mol. The van der Waals surface area contributed by atoms with Crippen LogP contribution in [0.25, 0.3) is 0 Å². The summed E-state index contributed by atoms with van der Waals surface area (Å²) in [5.74, 6) is -0.941. The van der Waals surface area contributed by atoms with Crippen LogP contribution in [0.3, 0.4) is 0 Å². The Morgan fingerprint density at radius 1 is 1.24 bits per heavy atom. The smallest absolute Gasteiger partial charge is 0.344 e. The van der Waals surface area contributed by atoms with Crippen LogP contribution in [0.15, 0.2) is 28.7 Å². The summed E-state index contributed by atoms with van der Waals surface area (Å²) in [6, 6.07) is 7.50. The molecule has 21 heavy (non-hydrogen) atoms. The molecule has 5 heteroatoms. The molecule has 0 aliphatic carbocycles. The molecule has 116 valence electrons. The summed E-state index contributed by atoms with van der Waals surface area (Å²) >= 11 is 3.35. The van der Waals surface area contributed by atoms with Gasteiger partial charge in [0.25, 0.3) is 0 Å². The first-order valence-corrected chi connectivity index (χ1v) is 7.67. The number of benzene rings is 1. The van der Waals surface area contributed by atoms with Gasteiger partial charge in [0.2, 0.25) is 0 Å². The van der Waals surface area contributed by atoms with Gasteiger partial charge in [-0.25, -0.2) is 4.79 Å². The van der Waals surface area contributed by atoms with E-state index in [2.05, 4.69) is 15.9 Å². The third-order valence-electron chi connectivity index (χ3n) is 3.41.